The number of likely N-dealkylation sites (N-methyl/N-ethyl adjacent to an activating group) is 1. The third kappa shape index (κ3) is 3.51. The van der Waals surface area contributed by atoms with Crippen LogP contribution in [0, 0.1) is 0 Å². The number of rotatable bonds is 6. The maximum absolute atomic E-state index is 12.0. The molecule has 5 nitrogen and oxygen atoms in total. The second-order valence-electron chi connectivity index (χ2n) is 4.53. The Morgan fingerprint density at radius 1 is 1.20 bits per heavy atom. The predicted molar refractivity (Wildman–Crippen MR) is 79.7 cm³/mol. The van der Waals surface area contributed by atoms with Crippen LogP contribution in [0.2, 0.25) is 0 Å². The Bertz CT molecular complexity index is 581. The molecule has 1 aromatic carbocycles. The summed E-state index contributed by atoms with van der Waals surface area (Å²) in [5.74, 6) is -0.171. The Morgan fingerprint density at radius 2 is 1.90 bits per heavy atom. The molecule has 1 amide bonds. The SMILES string of the molecule is CCN(CC)CCNC(=O)c1cnc2ccccc2n1. The van der Waals surface area contributed by atoms with Crippen LogP contribution in [0.1, 0.15) is 24.3 Å². The van der Waals surface area contributed by atoms with Gasteiger partial charge in [-0.15, -0.1) is 0 Å². The standard InChI is InChI=1S/C15H20N4O/c1-3-19(4-2)10-9-16-15(20)14-11-17-12-7-5-6-8-13(12)18-14/h5-8,11H,3-4,9-10H2,1-2H3,(H,16,20). The second kappa shape index (κ2) is 6.96. The van der Waals surface area contributed by atoms with E-state index < -0.39 is 0 Å². The van der Waals surface area contributed by atoms with Crippen LogP contribution in [0.3, 0.4) is 0 Å². The Morgan fingerprint density at radius 3 is 2.60 bits per heavy atom. The van der Waals surface area contributed by atoms with E-state index in [0.717, 1.165) is 30.7 Å². The number of carbonyl (C=O) groups excluding carboxylic acids is 1. The molecule has 1 N–H and O–H groups in total. The molecule has 1 heterocycles. The summed E-state index contributed by atoms with van der Waals surface area (Å²) in [5, 5.41) is 2.88. The van der Waals surface area contributed by atoms with Gasteiger partial charge in [-0.2, -0.15) is 0 Å². The van der Waals surface area contributed by atoms with E-state index in [-0.39, 0.29) is 5.91 Å². The fourth-order valence-electron chi connectivity index (χ4n) is 2.02. The fraction of sp³-hybridized carbons (Fsp3) is 0.400. The molecule has 0 aliphatic carbocycles. The van der Waals surface area contributed by atoms with Crippen LogP contribution in [0.25, 0.3) is 11.0 Å². The molecule has 1 aromatic heterocycles. The summed E-state index contributed by atoms with van der Waals surface area (Å²) in [5.41, 5.74) is 1.90. The Kier molecular flexibility index (Phi) is 5.01. The molecule has 5 heteroatoms. The fourth-order valence-corrected chi connectivity index (χ4v) is 2.02. The van der Waals surface area contributed by atoms with Crippen LogP contribution in [-0.2, 0) is 0 Å². The zero-order valence-electron chi connectivity index (χ0n) is 12.0. The van der Waals surface area contributed by atoms with Crippen molar-refractivity contribution in [1.29, 1.82) is 0 Å². The van der Waals surface area contributed by atoms with Gasteiger partial charge in [0.25, 0.3) is 5.91 Å². The average molecular weight is 272 g/mol. The van der Waals surface area contributed by atoms with E-state index in [2.05, 4.69) is 34.0 Å². The molecule has 0 atom stereocenters. The van der Waals surface area contributed by atoms with Gasteiger partial charge in [0.15, 0.2) is 0 Å². The van der Waals surface area contributed by atoms with E-state index in [1.165, 1.54) is 6.20 Å². The number of hydrogen-bond donors (Lipinski definition) is 1. The van der Waals surface area contributed by atoms with Crippen LogP contribution in [0.15, 0.2) is 30.5 Å². The van der Waals surface area contributed by atoms with E-state index in [9.17, 15) is 4.79 Å². The Hall–Kier alpha value is -2.01. The van der Waals surface area contributed by atoms with Crippen molar-refractivity contribution in [3.05, 3.63) is 36.2 Å². The summed E-state index contributed by atoms with van der Waals surface area (Å²) in [6.45, 7) is 7.67. The van der Waals surface area contributed by atoms with Crippen LogP contribution < -0.4 is 5.32 Å². The van der Waals surface area contributed by atoms with Crippen molar-refractivity contribution < 1.29 is 4.79 Å². The van der Waals surface area contributed by atoms with Gasteiger partial charge in [0.2, 0.25) is 0 Å². The molecule has 20 heavy (non-hydrogen) atoms. The molecule has 0 radical (unpaired) electrons. The van der Waals surface area contributed by atoms with Gasteiger partial charge < -0.3 is 10.2 Å². The molecule has 0 bridgehead atoms. The van der Waals surface area contributed by atoms with Gasteiger partial charge in [-0.05, 0) is 25.2 Å². The summed E-state index contributed by atoms with van der Waals surface area (Å²) >= 11 is 0. The molecule has 0 aliphatic rings. The zero-order valence-corrected chi connectivity index (χ0v) is 12.0. The highest BCUT2D eigenvalue weighted by Gasteiger charge is 2.08. The lowest BCUT2D eigenvalue weighted by atomic mass is 10.3. The summed E-state index contributed by atoms with van der Waals surface area (Å²) in [7, 11) is 0. The van der Waals surface area contributed by atoms with E-state index in [0.29, 0.717) is 12.2 Å². The maximum atomic E-state index is 12.0. The molecule has 106 valence electrons. The lowest BCUT2D eigenvalue weighted by molar-refractivity contribution is 0.0944. The summed E-state index contributed by atoms with van der Waals surface area (Å²) < 4.78 is 0. The Balaban J connectivity index is 1.97. The number of benzene rings is 1. The number of carbonyl (C=O) groups is 1. The molecule has 2 aromatic rings. The minimum Gasteiger partial charge on any atom is -0.349 e. The normalized spacial score (nSPS) is 10.9. The number of aromatic nitrogens is 2. The van der Waals surface area contributed by atoms with Crippen LogP contribution in [0.5, 0.6) is 0 Å². The third-order valence-electron chi connectivity index (χ3n) is 3.29. The third-order valence-corrected chi connectivity index (χ3v) is 3.29. The van der Waals surface area contributed by atoms with Gasteiger partial charge in [-0.3, -0.25) is 9.78 Å². The first-order valence-electron chi connectivity index (χ1n) is 6.97. The number of amides is 1. The van der Waals surface area contributed by atoms with Crippen molar-refractivity contribution in [2.45, 2.75) is 13.8 Å². The molecule has 0 fully saturated rings. The largest absolute Gasteiger partial charge is 0.349 e. The molecule has 0 spiro atoms. The number of hydrogen-bond acceptors (Lipinski definition) is 4. The molecule has 0 saturated heterocycles. The first kappa shape index (κ1) is 14.4. The van der Waals surface area contributed by atoms with Crippen LogP contribution in [0.4, 0.5) is 0 Å². The zero-order chi connectivity index (χ0) is 14.4. The topological polar surface area (TPSA) is 58.1 Å². The number of nitrogens with one attached hydrogen (secondary N) is 1. The minimum absolute atomic E-state index is 0.171. The molecule has 0 unspecified atom stereocenters. The van der Waals surface area contributed by atoms with Crippen molar-refractivity contribution in [3.63, 3.8) is 0 Å². The van der Waals surface area contributed by atoms with E-state index in [4.69, 9.17) is 0 Å². The van der Waals surface area contributed by atoms with E-state index in [1.807, 2.05) is 24.3 Å². The average Bonchev–Trinajstić information content (AvgIpc) is 2.51. The highest BCUT2D eigenvalue weighted by molar-refractivity contribution is 5.93. The lowest BCUT2D eigenvalue weighted by Crippen LogP contribution is -2.35. The van der Waals surface area contributed by atoms with Crippen molar-refractivity contribution in [2.24, 2.45) is 0 Å². The molecular weight excluding hydrogens is 252 g/mol. The van der Waals surface area contributed by atoms with Gasteiger partial charge in [0, 0.05) is 13.1 Å². The van der Waals surface area contributed by atoms with Gasteiger partial charge in [-0.25, -0.2) is 4.98 Å². The summed E-state index contributed by atoms with van der Waals surface area (Å²) in [4.78, 5) is 22.8. The van der Waals surface area contributed by atoms with Crippen LogP contribution in [-0.4, -0.2) is 47.0 Å². The number of fused-ring (bicyclic) bond motifs is 1. The van der Waals surface area contributed by atoms with Gasteiger partial charge >= 0.3 is 0 Å². The quantitative estimate of drug-likeness (QED) is 0.869. The van der Waals surface area contributed by atoms with Crippen molar-refractivity contribution in [3.8, 4) is 0 Å². The monoisotopic (exact) mass is 272 g/mol. The van der Waals surface area contributed by atoms with Crippen molar-refractivity contribution in [1.82, 2.24) is 20.2 Å². The summed E-state index contributed by atoms with van der Waals surface area (Å²) in [6, 6.07) is 7.53. The minimum atomic E-state index is -0.171. The molecular formula is C15H20N4O. The molecule has 2 rings (SSSR count). The lowest BCUT2D eigenvalue weighted by Gasteiger charge is -2.17. The van der Waals surface area contributed by atoms with Crippen molar-refractivity contribution in [2.75, 3.05) is 26.2 Å². The van der Waals surface area contributed by atoms with Crippen LogP contribution >= 0.6 is 0 Å². The number of para-hydroxylation sites is 2. The van der Waals surface area contributed by atoms with Gasteiger partial charge in [0.1, 0.15) is 5.69 Å². The van der Waals surface area contributed by atoms with Gasteiger partial charge in [-0.1, -0.05) is 26.0 Å². The van der Waals surface area contributed by atoms with Gasteiger partial charge in [0.05, 0.1) is 17.2 Å². The highest BCUT2D eigenvalue weighted by atomic mass is 16.1. The first-order chi connectivity index (χ1) is 9.74. The molecule has 0 saturated carbocycles. The predicted octanol–water partition coefficient (Wildman–Crippen LogP) is 1.70. The van der Waals surface area contributed by atoms with E-state index >= 15 is 0 Å². The molecule has 0 aliphatic heterocycles. The summed E-state index contributed by atoms with van der Waals surface area (Å²) in [6.07, 6.45) is 1.52. The maximum Gasteiger partial charge on any atom is 0.271 e. The highest BCUT2D eigenvalue weighted by Crippen LogP contribution is 2.08. The smallest absolute Gasteiger partial charge is 0.271 e. The number of nitrogens with zero attached hydrogens (tertiary/aromatic N) is 3. The van der Waals surface area contributed by atoms with Crippen molar-refractivity contribution >= 4 is 16.9 Å². The van der Waals surface area contributed by atoms with E-state index in [1.54, 1.807) is 0 Å². The second-order valence-corrected chi connectivity index (χ2v) is 4.53. The first-order valence-corrected chi connectivity index (χ1v) is 6.97. The Labute approximate surface area is 119 Å².